The van der Waals surface area contributed by atoms with Gasteiger partial charge in [-0.1, -0.05) is 89.9 Å². The van der Waals surface area contributed by atoms with Crippen LogP contribution < -0.4 is 5.32 Å². The van der Waals surface area contributed by atoms with E-state index in [1.165, 1.54) is 57.8 Å². The van der Waals surface area contributed by atoms with E-state index >= 15 is 0 Å². The minimum atomic E-state index is -1.28. The number of aliphatic hydroxyl groups excluding tert-OH is 3. The Hall–Kier alpha value is -5.93. The number of amides is 1. The van der Waals surface area contributed by atoms with Crippen molar-refractivity contribution in [3.8, 4) is 143 Å². The lowest BCUT2D eigenvalue weighted by Gasteiger charge is -2.26. The summed E-state index contributed by atoms with van der Waals surface area (Å²) < 4.78 is 0. The summed E-state index contributed by atoms with van der Waals surface area (Å²) in [6.07, 6.45) is 17.3. The molecule has 0 fully saturated rings. The van der Waals surface area contributed by atoms with Gasteiger partial charge in [-0.25, -0.2) is 0 Å². The van der Waals surface area contributed by atoms with Crippen molar-refractivity contribution in [2.45, 2.75) is 115 Å². The van der Waals surface area contributed by atoms with Crippen LogP contribution in [0.5, 0.6) is 0 Å². The summed E-state index contributed by atoms with van der Waals surface area (Å²) in [5.74, 6) is 56.1. The summed E-state index contributed by atoms with van der Waals surface area (Å²) in [5.41, 5.74) is 0. The van der Waals surface area contributed by atoms with Gasteiger partial charge in [-0.2, -0.15) is 0 Å². The highest BCUT2D eigenvalue weighted by Crippen LogP contribution is 2.14. The van der Waals surface area contributed by atoms with Crippen molar-refractivity contribution >= 4 is 5.91 Å². The van der Waals surface area contributed by atoms with E-state index in [-0.39, 0.29) is 6.42 Å². The van der Waals surface area contributed by atoms with Gasteiger partial charge in [0.25, 0.3) is 0 Å². The zero-order valence-electron chi connectivity index (χ0n) is 28.2. The number of hydrogen-bond acceptors (Lipinski definition) is 4. The van der Waals surface area contributed by atoms with Crippen LogP contribution in [0.1, 0.15) is 96.8 Å². The molecule has 4 N–H and O–H groups in total. The van der Waals surface area contributed by atoms with Crippen LogP contribution in [0.15, 0.2) is 0 Å². The quantitative estimate of drug-likeness (QED) is 0.136. The molecule has 0 saturated carbocycles. The topological polar surface area (TPSA) is 89.8 Å². The second-order valence-corrected chi connectivity index (χ2v) is 10.2. The van der Waals surface area contributed by atoms with Crippen molar-refractivity contribution in [1.29, 1.82) is 0 Å². The largest absolute Gasteiger partial charge is 0.394 e. The van der Waals surface area contributed by atoms with Crippen molar-refractivity contribution in [3.05, 3.63) is 0 Å². The Morgan fingerprint density at radius 1 is 0.551 bits per heavy atom. The number of rotatable bonds is 18. The van der Waals surface area contributed by atoms with Crippen molar-refractivity contribution in [2.75, 3.05) is 6.61 Å². The Labute approximate surface area is 295 Å². The van der Waals surface area contributed by atoms with Crippen LogP contribution in [0.3, 0.4) is 0 Å². The molecule has 3 atom stereocenters. The molecule has 0 spiro atoms. The third-order valence-electron chi connectivity index (χ3n) is 6.36. The maximum absolute atomic E-state index is 12.2. The van der Waals surface area contributed by atoms with E-state index in [1.807, 2.05) is 0 Å². The average molecular weight is 648 g/mol. The van der Waals surface area contributed by atoms with Crippen LogP contribution >= 0.6 is 0 Å². The Kier molecular flexibility index (Phi) is 30.7. The van der Waals surface area contributed by atoms with Crippen molar-refractivity contribution in [1.82, 2.24) is 5.32 Å². The summed E-state index contributed by atoms with van der Waals surface area (Å²) in [6, 6.07) is -0.989. The molecule has 0 aliphatic rings. The molecule has 0 bridgehead atoms. The van der Waals surface area contributed by atoms with Crippen LogP contribution in [0.2, 0.25) is 0 Å². The monoisotopic (exact) mass is 647 g/mol. The summed E-state index contributed by atoms with van der Waals surface area (Å²) in [7, 11) is 0. The third kappa shape index (κ3) is 30.5. The Bertz CT molecular complexity index is 1780. The summed E-state index contributed by atoms with van der Waals surface area (Å²) in [5, 5.41) is 32.9. The Morgan fingerprint density at radius 3 is 1.27 bits per heavy atom. The number of hydrogen-bond donors (Lipinski definition) is 4. The molecule has 0 aromatic rings. The van der Waals surface area contributed by atoms with Gasteiger partial charge in [0.15, 0.2) is 0 Å². The van der Waals surface area contributed by atoms with Gasteiger partial charge in [-0.15, -0.1) is 6.42 Å². The first-order valence-electron chi connectivity index (χ1n) is 16.3. The molecule has 0 saturated heterocycles. The summed E-state index contributed by atoms with van der Waals surface area (Å²) in [6.45, 7) is 1.72. The lowest BCUT2D eigenvalue weighted by atomic mass is 9.99. The number of unbranched alkanes of at least 4 members (excludes halogenated alkanes) is 11. The molecule has 49 heavy (non-hydrogen) atoms. The highest BCUT2D eigenvalue weighted by molar-refractivity contribution is 5.79. The highest BCUT2D eigenvalue weighted by Gasteiger charge is 2.26. The first-order chi connectivity index (χ1) is 24.1. The molecule has 0 aliphatic heterocycles. The molecule has 0 aromatic heterocycles. The van der Waals surface area contributed by atoms with Crippen LogP contribution in [0, 0.1) is 143 Å². The van der Waals surface area contributed by atoms with Crippen LogP contribution in [0.4, 0.5) is 0 Å². The molecular formula is C44H41NO4. The number of carbonyl (C=O) groups is 1. The zero-order chi connectivity index (χ0) is 35.9. The van der Waals surface area contributed by atoms with E-state index in [4.69, 9.17) is 6.42 Å². The molecule has 1 amide bonds. The minimum Gasteiger partial charge on any atom is -0.394 e. The van der Waals surface area contributed by atoms with E-state index in [1.54, 1.807) is 0 Å². The molecule has 0 aromatic carbocycles. The molecule has 0 rings (SSSR count). The van der Waals surface area contributed by atoms with Crippen LogP contribution in [-0.4, -0.2) is 46.1 Å². The highest BCUT2D eigenvalue weighted by atomic mass is 16.3. The fourth-order valence-electron chi connectivity index (χ4n) is 3.93. The van der Waals surface area contributed by atoms with Gasteiger partial charge in [-0.3, -0.25) is 4.79 Å². The van der Waals surface area contributed by atoms with Gasteiger partial charge >= 0.3 is 0 Å². The fraction of sp³-hybridized carbons (Fsp3) is 0.432. The number of carbonyl (C=O) groups excluding carboxylic acids is 1. The van der Waals surface area contributed by atoms with Gasteiger partial charge < -0.3 is 20.6 Å². The molecule has 0 unspecified atom stereocenters. The maximum atomic E-state index is 12.2. The van der Waals surface area contributed by atoms with Gasteiger partial charge in [0.1, 0.15) is 6.10 Å². The maximum Gasteiger partial charge on any atom is 0.232 e. The molecular weight excluding hydrogens is 606 g/mol. The lowest BCUT2D eigenvalue weighted by molar-refractivity contribution is -0.123. The van der Waals surface area contributed by atoms with E-state index in [2.05, 4.69) is 148 Å². The first kappa shape index (κ1) is 43.1. The second kappa shape index (κ2) is 34.9. The molecule has 5 heteroatoms. The van der Waals surface area contributed by atoms with Gasteiger partial charge in [-0.05, 0) is 101 Å². The van der Waals surface area contributed by atoms with E-state index in [9.17, 15) is 20.1 Å². The summed E-state index contributed by atoms with van der Waals surface area (Å²) in [4.78, 5) is 12.2. The second-order valence-electron chi connectivity index (χ2n) is 10.2. The molecule has 0 radical (unpaired) electrons. The van der Waals surface area contributed by atoms with Crippen molar-refractivity contribution < 1.29 is 20.1 Å². The zero-order valence-corrected chi connectivity index (χ0v) is 28.2. The fourth-order valence-corrected chi connectivity index (χ4v) is 3.93. The standard InChI is InChI=1S/C44H41NO4/c1-3-5-7-9-11-13-15-17-18-19-20-21-22-23-24-25-26-27-29-31-33-35-37-39-43(48)45-41(40-46)44(49)42(47)38-36-34-32-30-28-16-14-12-10-8-6-4-2/h1,41-42,44,46-47,49H,4,6,8,10,12,14,16,28,30,32,34,36,38-40H2,2H3,(H,45,48)/t41-,42+,44-/m0/s1. The smallest absolute Gasteiger partial charge is 0.232 e. The SMILES string of the molecule is C#CC#CC#CC#CC#CC#CC#CC#CC#CC#CC#CC#CCC(=O)N[C@@H](CO)[C@H](O)[C@H](O)CCCCCCCCCCCCCC. The third-order valence-corrected chi connectivity index (χ3v) is 6.36. The van der Waals surface area contributed by atoms with Gasteiger partial charge in [0, 0.05) is 35.5 Å². The first-order valence-corrected chi connectivity index (χ1v) is 16.3. The molecule has 246 valence electrons. The Morgan fingerprint density at radius 2 is 0.898 bits per heavy atom. The minimum absolute atomic E-state index is 0.193. The van der Waals surface area contributed by atoms with Gasteiger partial charge in [0.2, 0.25) is 5.91 Å². The van der Waals surface area contributed by atoms with Crippen LogP contribution in [0.25, 0.3) is 0 Å². The van der Waals surface area contributed by atoms with E-state index in [0.717, 1.165) is 19.3 Å². The van der Waals surface area contributed by atoms with Crippen molar-refractivity contribution in [3.63, 3.8) is 0 Å². The normalized spacial score (nSPS) is 9.69. The summed E-state index contributed by atoms with van der Waals surface area (Å²) >= 11 is 0. The predicted octanol–water partition coefficient (Wildman–Crippen LogP) is 3.34. The van der Waals surface area contributed by atoms with E-state index in [0.29, 0.717) is 6.42 Å². The van der Waals surface area contributed by atoms with Crippen molar-refractivity contribution in [2.24, 2.45) is 0 Å². The average Bonchev–Trinajstić information content (AvgIpc) is 3.10. The Balaban J connectivity index is 4.34. The lowest BCUT2D eigenvalue weighted by Crippen LogP contribution is -2.50. The number of terminal acetylenes is 1. The molecule has 5 nitrogen and oxygen atoms in total. The number of aliphatic hydroxyl groups is 3. The molecule has 0 aliphatic carbocycles. The number of nitrogens with one attached hydrogen (secondary N) is 1. The van der Waals surface area contributed by atoms with Gasteiger partial charge in [0.05, 0.1) is 25.2 Å². The van der Waals surface area contributed by atoms with Crippen LogP contribution in [-0.2, 0) is 4.79 Å². The molecule has 0 heterocycles. The van der Waals surface area contributed by atoms with E-state index < -0.39 is 30.8 Å². The predicted molar refractivity (Wildman–Crippen MR) is 196 cm³/mol.